The molecule has 31 nitrogen and oxygen atoms in total. The van der Waals surface area contributed by atoms with Gasteiger partial charge in [0.1, 0.15) is 17.1 Å². The Morgan fingerprint density at radius 2 is 0.703 bits per heavy atom. The van der Waals surface area contributed by atoms with Crippen LogP contribution in [-0.4, -0.2) is 220 Å². The Bertz CT molecular complexity index is 2340. The van der Waals surface area contributed by atoms with E-state index >= 15 is 0 Å². The highest BCUT2D eigenvalue weighted by atomic mass is 16.5. The fraction of sp³-hybridized carbons (Fsp3) is 0.721. The van der Waals surface area contributed by atoms with E-state index in [9.17, 15) is 30.6 Å². The molecule has 0 aliphatic carbocycles. The SMILES string of the molecule is NC(COCc1cn(CCCc2cn(C[C@@H]3NC[C@@H](O)[C@H]3O)nn2)nn1)(COCc1cn(CCCc2cn(C[C@@H]3NC[C@@H](O)[C@H]3O)nn2)nn1)COCc1cn(CCCc2cn(C[C@@H]3NC[C@@H](O)[C@H]3O)nn2)nn1. The minimum atomic E-state index is -1.09. The van der Waals surface area contributed by atoms with Gasteiger partial charge in [0.05, 0.1) is 155 Å². The van der Waals surface area contributed by atoms with Crippen LogP contribution in [0.1, 0.15) is 53.4 Å². The van der Waals surface area contributed by atoms with Crippen molar-refractivity contribution in [1.29, 1.82) is 0 Å². The first-order valence-corrected chi connectivity index (χ1v) is 25.0. The molecule has 6 aromatic rings. The first kappa shape index (κ1) is 53.2. The van der Waals surface area contributed by atoms with Gasteiger partial charge < -0.3 is 66.5 Å². The number of nitrogens with two attached hydrogens (primary N) is 1. The Labute approximate surface area is 424 Å². The summed E-state index contributed by atoms with van der Waals surface area (Å²) in [6.07, 6.45) is 10.2. The predicted octanol–water partition coefficient (Wildman–Crippen LogP) is -6.14. The van der Waals surface area contributed by atoms with Crippen molar-refractivity contribution in [2.75, 3.05) is 39.5 Å². The van der Waals surface area contributed by atoms with Crippen molar-refractivity contribution in [2.45, 2.75) is 158 Å². The van der Waals surface area contributed by atoms with Crippen LogP contribution in [0.3, 0.4) is 0 Å². The van der Waals surface area contributed by atoms with Gasteiger partial charge in [0.2, 0.25) is 0 Å². The van der Waals surface area contributed by atoms with E-state index in [1.807, 2.05) is 37.2 Å². The van der Waals surface area contributed by atoms with E-state index < -0.39 is 42.2 Å². The maximum Gasteiger partial charge on any atom is 0.108 e. The van der Waals surface area contributed by atoms with Gasteiger partial charge in [-0.1, -0.05) is 31.3 Å². The minimum absolute atomic E-state index is 0.0654. The van der Waals surface area contributed by atoms with Crippen LogP contribution in [0.2, 0.25) is 0 Å². The van der Waals surface area contributed by atoms with Crippen LogP contribution >= 0.6 is 0 Å². The van der Waals surface area contributed by atoms with E-state index in [1.165, 1.54) is 0 Å². The van der Waals surface area contributed by atoms with Crippen LogP contribution in [0.4, 0.5) is 0 Å². The maximum absolute atomic E-state index is 10.1. The maximum atomic E-state index is 10.1. The lowest BCUT2D eigenvalue weighted by Crippen LogP contribution is -2.52. The number of aliphatic hydroxyl groups is 6. The number of hydrogen-bond donors (Lipinski definition) is 10. The van der Waals surface area contributed by atoms with Crippen molar-refractivity contribution >= 4 is 0 Å². The van der Waals surface area contributed by atoms with E-state index in [0.29, 0.717) is 95.2 Å². The molecule has 74 heavy (non-hydrogen) atoms. The Balaban J connectivity index is 0.718. The van der Waals surface area contributed by atoms with Crippen LogP contribution in [0.5, 0.6) is 0 Å². The highest BCUT2D eigenvalue weighted by Crippen LogP contribution is 2.15. The van der Waals surface area contributed by atoms with Gasteiger partial charge >= 0.3 is 0 Å². The molecule has 3 fully saturated rings. The van der Waals surface area contributed by atoms with E-state index in [0.717, 1.165) is 36.3 Å². The molecule has 9 heterocycles. The van der Waals surface area contributed by atoms with Crippen molar-refractivity contribution < 1.29 is 44.8 Å². The van der Waals surface area contributed by atoms with Crippen molar-refractivity contribution in [3.63, 3.8) is 0 Å². The standard InChI is InChI=1S/C43H68N22O9/c44-43(25-72-22-31-16-60(54-51-31)7-1-4-28-13-63(57-48-28)19-34-40(69)37(66)10-45-34,26-73-23-32-17-61(55-52-32)8-2-5-29-14-64(58-49-29)20-35-41(70)38(67)11-46-35)27-74-24-33-18-62(56-53-33)9-3-6-30-15-65(59-50-30)21-36-42(71)39(68)12-47-36/h13-18,34-42,45-47,66-71H,1-12,19-27,44H2/t34-,35-,36-,37+,38+,39+,40-,41-,42-/m0/s1. The molecule has 9 rings (SSSR count). The van der Waals surface area contributed by atoms with Crippen molar-refractivity contribution in [1.82, 2.24) is 106 Å². The molecule has 3 aliphatic rings. The molecule has 9 atom stereocenters. The Morgan fingerprint density at radius 3 is 0.986 bits per heavy atom. The molecule has 6 aromatic heterocycles. The molecular weight excluding hydrogens is 969 g/mol. The number of aromatic nitrogens is 18. The average molecular weight is 1040 g/mol. The first-order chi connectivity index (χ1) is 35.9. The molecule has 0 bridgehead atoms. The molecule has 11 N–H and O–H groups in total. The second-order valence-corrected chi connectivity index (χ2v) is 19.6. The summed E-state index contributed by atoms with van der Waals surface area (Å²) < 4.78 is 28.6. The summed E-state index contributed by atoms with van der Waals surface area (Å²) in [7, 11) is 0. The summed E-state index contributed by atoms with van der Waals surface area (Å²) in [4.78, 5) is 0. The third-order valence-corrected chi connectivity index (χ3v) is 13.2. The lowest BCUT2D eigenvalue weighted by Gasteiger charge is -2.28. The van der Waals surface area contributed by atoms with E-state index in [1.54, 1.807) is 28.1 Å². The molecule has 0 radical (unpaired) electrons. The largest absolute Gasteiger partial charge is 0.389 e. The molecule has 3 saturated heterocycles. The summed E-state index contributed by atoms with van der Waals surface area (Å²) in [5, 5.41) is 120. The lowest BCUT2D eigenvalue weighted by molar-refractivity contribution is -0.0356. The molecule has 0 spiro atoms. The number of rotatable bonds is 30. The minimum Gasteiger partial charge on any atom is -0.389 e. The normalized spacial score (nSPS) is 24.3. The average Bonchev–Trinajstić information content (AvgIpc) is 4.26. The highest BCUT2D eigenvalue weighted by molar-refractivity contribution is 5.00. The van der Waals surface area contributed by atoms with Gasteiger partial charge in [0, 0.05) is 57.9 Å². The summed E-state index contributed by atoms with van der Waals surface area (Å²) in [5.74, 6) is 0. The van der Waals surface area contributed by atoms with Crippen LogP contribution in [0, 0.1) is 0 Å². The monoisotopic (exact) mass is 1040 g/mol. The first-order valence-electron chi connectivity index (χ1n) is 25.0. The fourth-order valence-corrected chi connectivity index (χ4v) is 9.10. The number of hydrogen-bond acceptors (Lipinski definition) is 25. The third-order valence-electron chi connectivity index (χ3n) is 13.2. The Hall–Kier alpha value is -5.68. The van der Waals surface area contributed by atoms with Gasteiger partial charge in [-0.15, -0.1) is 30.6 Å². The lowest BCUT2D eigenvalue weighted by atomic mass is 10.1. The number of nitrogens with zero attached hydrogens (tertiary/aromatic N) is 18. The summed E-state index contributed by atoms with van der Waals surface area (Å²) in [6.45, 7) is 4.64. The zero-order chi connectivity index (χ0) is 51.4. The molecule has 0 amide bonds. The summed E-state index contributed by atoms with van der Waals surface area (Å²) >= 11 is 0. The Morgan fingerprint density at radius 1 is 0.432 bits per heavy atom. The second kappa shape index (κ2) is 25.2. The molecule has 0 saturated carbocycles. The van der Waals surface area contributed by atoms with E-state index in [4.69, 9.17) is 19.9 Å². The van der Waals surface area contributed by atoms with E-state index in [2.05, 4.69) is 77.8 Å². The predicted molar refractivity (Wildman–Crippen MR) is 252 cm³/mol. The van der Waals surface area contributed by atoms with Gasteiger partial charge in [0.25, 0.3) is 0 Å². The number of nitrogens with one attached hydrogen (secondary N) is 3. The summed E-state index contributed by atoms with van der Waals surface area (Å²) in [6, 6.07) is -0.876. The number of aliphatic hydroxyl groups excluding tert-OH is 6. The van der Waals surface area contributed by atoms with Crippen LogP contribution < -0.4 is 21.7 Å². The summed E-state index contributed by atoms with van der Waals surface area (Å²) in [5.41, 5.74) is 10.1. The molecular formula is C43H68N22O9. The zero-order valence-electron chi connectivity index (χ0n) is 41.0. The van der Waals surface area contributed by atoms with Gasteiger partial charge in [-0.2, -0.15) is 0 Å². The van der Waals surface area contributed by atoms with Crippen molar-refractivity contribution in [2.24, 2.45) is 5.73 Å². The van der Waals surface area contributed by atoms with Gasteiger partial charge in [-0.05, 0) is 38.5 Å². The third kappa shape index (κ3) is 14.8. The van der Waals surface area contributed by atoms with Gasteiger partial charge in [0.15, 0.2) is 0 Å². The number of aryl methyl sites for hydroxylation is 6. The van der Waals surface area contributed by atoms with Crippen LogP contribution in [-0.2, 0) is 92.6 Å². The molecule has 0 unspecified atom stereocenters. The quantitative estimate of drug-likeness (QED) is 0.0201. The second-order valence-electron chi connectivity index (χ2n) is 19.6. The number of ether oxygens (including phenoxy) is 3. The number of β-amino-alcohol motifs (C(OH)–C–C–N with tert-alkyl or cyclic N) is 3. The zero-order valence-corrected chi connectivity index (χ0v) is 41.0. The Kier molecular flexibility index (Phi) is 18.1. The highest BCUT2D eigenvalue weighted by Gasteiger charge is 2.35. The molecule has 3 aliphatic heterocycles. The topological polar surface area (TPSA) is 395 Å². The molecule has 31 heteroatoms. The fourth-order valence-electron chi connectivity index (χ4n) is 9.10. The van der Waals surface area contributed by atoms with Gasteiger partial charge in [-0.3, -0.25) is 28.1 Å². The van der Waals surface area contributed by atoms with Crippen molar-refractivity contribution in [3.05, 3.63) is 71.3 Å². The van der Waals surface area contributed by atoms with E-state index in [-0.39, 0.29) is 57.8 Å². The molecule has 0 aromatic carbocycles. The van der Waals surface area contributed by atoms with Crippen LogP contribution in [0.15, 0.2) is 37.2 Å². The van der Waals surface area contributed by atoms with Crippen molar-refractivity contribution in [3.8, 4) is 0 Å². The smallest absolute Gasteiger partial charge is 0.108 e. The molecule has 404 valence electrons. The van der Waals surface area contributed by atoms with Gasteiger partial charge in [-0.25, -0.2) is 0 Å². The van der Waals surface area contributed by atoms with Crippen LogP contribution in [0.25, 0.3) is 0 Å².